The van der Waals surface area contributed by atoms with Gasteiger partial charge in [-0.2, -0.15) is 5.10 Å². The first-order valence-corrected chi connectivity index (χ1v) is 4.48. The molecule has 6 heteroatoms. The fraction of sp³-hybridized carbons (Fsp3) is 0.500. The average molecular weight is 220 g/mol. The molecule has 1 rings (SSSR count). The van der Waals surface area contributed by atoms with Gasteiger partial charge in [0.05, 0.1) is 17.9 Å². The summed E-state index contributed by atoms with van der Waals surface area (Å²) < 4.78 is 13.3. The van der Waals surface area contributed by atoms with E-state index in [4.69, 9.17) is 11.6 Å². The van der Waals surface area contributed by atoms with Gasteiger partial charge in [-0.05, 0) is 6.92 Å². The predicted molar refractivity (Wildman–Crippen MR) is 53.5 cm³/mol. The lowest BCUT2D eigenvalue weighted by molar-refractivity contribution is 0.460. The van der Waals surface area contributed by atoms with E-state index < -0.39 is 12.2 Å². The van der Waals surface area contributed by atoms with Crippen molar-refractivity contribution in [3.63, 3.8) is 0 Å². The Morgan fingerprint density at radius 3 is 3.00 bits per heavy atom. The van der Waals surface area contributed by atoms with Crippen LogP contribution in [0.25, 0.3) is 0 Å². The Labute approximate surface area is 85.7 Å². The van der Waals surface area contributed by atoms with Crippen LogP contribution < -0.4 is 10.9 Å². The summed E-state index contributed by atoms with van der Waals surface area (Å²) in [6.45, 7) is 1.11. The molecule has 0 aromatic carbocycles. The van der Waals surface area contributed by atoms with Crippen molar-refractivity contribution < 1.29 is 4.39 Å². The van der Waals surface area contributed by atoms with Gasteiger partial charge in [-0.15, -0.1) is 0 Å². The fourth-order valence-electron chi connectivity index (χ4n) is 0.915. The number of rotatable bonds is 3. The third-order valence-corrected chi connectivity index (χ3v) is 2.08. The summed E-state index contributed by atoms with van der Waals surface area (Å²) in [6.07, 6.45) is 1.40. The van der Waals surface area contributed by atoms with Gasteiger partial charge >= 0.3 is 0 Å². The van der Waals surface area contributed by atoms with E-state index in [1.54, 1.807) is 6.92 Å². The van der Waals surface area contributed by atoms with Crippen molar-refractivity contribution in [3.8, 4) is 0 Å². The van der Waals surface area contributed by atoms with E-state index in [1.165, 1.54) is 13.2 Å². The van der Waals surface area contributed by atoms with E-state index in [1.807, 2.05) is 0 Å². The van der Waals surface area contributed by atoms with Crippen LogP contribution in [0, 0.1) is 0 Å². The van der Waals surface area contributed by atoms with Gasteiger partial charge in [0.25, 0.3) is 5.56 Å². The van der Waals surface area contributed by atoms with Crippen molar-refractivity contribution in [2.24, 2.45) is 7.05 Å². The standard InChI is InChI=1S/C8H11ClFN3O/c1-5(3-10)12-6-4-11-13(2)8(14)7(6)9/h4-5,12H,3H2,1-2H3. The second kappa shape index (κ2) is 4.41. The molecule has 4 nitrogen and oxygen atoms in total. The maximum Gasteiger partial charge on any atom is 0.287 e. The first kappa shape index (κ1) is 11.0. The van der Waals surface area contributed by atoms with Crippen LogP contribution in [0.1, 0.15) is 6.92 Å². The summed E-state index contributed by atoms with van der Waals surface area (Å²) in [5, 5.41) is 6.54. The van der Waals surface area contributed by atoms with Gasteiger partial charge in [0.1, 0.15) is 11.7 Å². The van der Waals surface area contributed by atoms with Crippen LogP contribution in [0.15, 0.2) is 11.0 Å². The van der Waals surface area contributed by atoms with Crippen molar-refractivity contribution in [1.82, 2.24) is 9.78 Å². The van der Waals surface area contributed by atoms with Gasteiger partial charge in [-0.25, -0.2) is 9.07 Å². The highest BCUT2D eigenvalue weighted by atomic mass is 35.5. The van der Waals surface area contributed by atoms with Crippen LogP contribution in [0.4, 0.5) is 10.1 Å². The van der Waals surface area contributed by atoms with Crippen LogP contribution in [-0.2, 0) is 7.05 Å². The summed E-state index contributed by atoms with van der Waals surface area (Å²) >= 11 is 5.74. The molecule has 1 aromatic rings. The van der Waals surface area contributed by atoms with E-state index in [2.05, 4.69) is 10.4 Å². The second-order valence-corrected chi connectivity index (χ2v) is 3.38. The van der Waals surface area contributed by atoms with Crippen molar-refractivity contribution in [2.75, 3.05) is 12.0 Å². The molecule has 1 aromatic heterocycles. The highest BCUT2D eigenvalue weighted by molar-refractivity contribution is 6.32. The van der Waals surface area contributed by atoms with E-state index in [0.29, 0.717) is 5.69 Å². The molecule has 1 atom stereocenters. The fourth-order valence-corrected chi connectivity index (χ4v) is 1.14. The van der Waals surface area contributed by atoms with Crippen molar-refractivity contribution in [1.29, 1.82) is 0 Å². The molecule has 0 spiro atoms. The molecule has 14 heavy (non-hydrogen) atoms. The van der Waals surface area contributed by atoms with E-state index in [9.17, 15) is 9.18 Å². The molecule has 0 saturated carbocycles. The van der Waals surface area contributed by atoms with Crippen LogP contribution in [0.3, 0.4) is 0 Å². The average Bonchev–Trinajstić information content (AvgIpc) is 2.19. The molecule has 0 aliphatic heterocycles. The summed E-state index contributed by atoms with van der Waals surface area (Å²) in [7, 11) is 1.50. The molecule has 0 aliphatic carbocycles. The Balaban J connectivity index is 3.00. The first-order chi connectivity index (χ1) is 6.56. The normalized spacial score (nSPS) is 12.6. The third-order valence-electron chi connectivity index (χ3n) is 1.71. The van der Waals surface area contributed by atoms with Crippen LogP contribution >= 0.6 is 11.6 Å². The smallest absolute Gasteiger partial charge is 0.287 e. The van der Waals surface area contributed by atoms with E-state index in [-0.39, 0.29) is 11.1 Å². The molecule has 0 fully saturated rings. The molecule has 0 aliphatic rings. The Hall–Kier alpha value is -1.10. The maximum atomic E-state index is 12.2. The van der Waals surface area contributed by atoms with Gasteiger partial charge in [0, 0.05) is 7.05 Å². The topological polar surface area (TPSA) is 46.9 Å². The summed E-state index contributed by atoms with van der Waals surface area (Å²) in [5.74, 6) is 0. The zero-order valence-electron chi connectivity index (χ0n) is 7.92. The number of halogens is 2. The molecule has 0 bridgehead atoms. The highest BCUT2D eigenvalue weighted by Gasteiger charge is 2.09. The van der Waals surface area contributed by atoms with Crippen LogP contribution in [-0.4, -0.2) is 22.5 Å². The lowest BCUT2D eigenvalue weighted by Gasteiger charge is -2.12. The lowest BCUT2D eigenvalue weighted by atomic mass is 10.3. The maximum absolute atomic E-state index is 12.2. The summed E-state index contributed by atoms with van der Waals surface area (Å²) in [6, 6.07) is -0.388. The van der Waals surface area contributed by atoms with E-state index in [0.717, 1.165) is 4.68 Å². The molecule has 1 unspecified atom stereocenters. The number of nitrogens with zero attached hydrogens (tertiary/aromatic N) is 2. The first-order valence-electron chi connectivity index (χ1n) is 4.10. The summed E-state index contributed by atoms with van der Waals surface area (Å²) in [5.41, 5.74) is -0.0392. The lowest BCUT2D eigenvalue weighted by Crippen LogP contribution is -2.24. The van der Waals surface area contributed by atoms with Crippen LogP contribution in [0.5, 0.6) is 0 Å². The van der Waals surface area contributed by atoms with Crippen molar-refractivity contribution >= 4 is 17.3 Å². The quantitative estimate of drug-likeness (QED) is 0.831. The molecule has 0 saturated heterocycles. The molecule has 78 valence electrons. The number of hydrogen-bond acceptors (Lipinski definition) is 3. The minimum atomic E-state index is -0.536. The Morgan fingerprint density at radius 2 is 2.43 bits per heavy atom. The van der Waals surface area contributed by atoms with Gasteiger partial charge in [-0.3, -0.25) is 4.79 Å². The molecular weight excluding hydrogens is 209 g/mol. The minimum Gasteiger partial charge on any atom is -0.377 e. The van der Waals surface area contributed by atoms with Gasteiger partial charge < -0.3 is 5.32 Å². The van der Waals surface area contributed by atoms with Gasteiger partial charge in [0.2, 0.25) is 0 Å². The van der Waals surface area contributed by atoms with Gasteiger partial charge in [-0.1, -0.05) is 11.6 Å². The number of alkyl halides is 1. The summed E-state index contributed by atoms with van der Waals surface area (Å²) in [4.78, 5) is 11.3. The number of hydrogen-bond donors (Lipinski definition) is 1. The van der Waals surface area contributed by atoms with Gasteiger partial charge in [0.15, 0.2) is 0 Å². The predicted octanol–water partition coefficient (Wildman–Crippen LogP) is 1.20. The zero-order chi connectivity index (χ0) is 10.7. The Kier molecular flexibility index (Phi) is 3.46. The molecule has 0 amide bonds. The second-order valence-electron chi connectivity index (χ2n) is 3.00. The molecule has 0 radical (unpaired) electrons. The Morgan fingerprint density at radius 1 is 1.79 bits per heavy atom. The number of anilines is 1. The largest absolute Gasteiger partial charge is 0.377 e. The molecule has 1 N–H and O–H groups in total. The monoisotopic (exact) mass is 219 g/mol. The third kappa shape index (κ3) is 2.23. The zero-order valence-corrected chi connectivity index (χ0v) is 8.68. The number of aryl methyl sites for hydroxylation is 1. The van der Waals surface area contributed by atoms with Crippen LogP contribution in [0.2, 0.25) is 5.02 Å². The van der Waals surface area contributed by atoms with Crippen molar-refractivity contribution in [3.05, 3.63) is 21.6 Å². The SMILES string of the molecule is CC(CF)Nc1cnn(C)c(=O)c1Cl. The minimum absolute atomic E-state index is 0.0304. The molecule has 1 heterocycles. The Bertz CT molecular complexity index is 379. The van der Waals surface area contributed by atoms with Crippen molar-refractivity contribution in [2.45, 2.75) is 13.0 Å². The molecular formula is C8H11ClFN3O. The number of nitrogens with one attached hydrogen (secondary N) is 1. The number of aromatic nitrogens is 2. The highest BCUT2D eigenvalue weighted by Crippen LogP contribution is 2.15. The van der Waals surface area contributed by atoms with E-state index >= 15 is 0 Å².